The molecule has 0 aromatic rings. The molecule has 0 saturated heterocycles. The summed E-state index contributed by atoms with van der Waals surface area (Å²) < 4.78 is 19.0. The Morgan fingerprint density at radius 3 is 1.62 bits per heavy atom. The van der Waals surface area contributed by atoms with Crippen molar-refractivity contribution < 1.29 is 28.5 Å². The van der Waals surface area contributed by atoms with Gasteiger partial charge in [0.2, 0.25) is 21.6 Å². The molecule has 0 aliphatic heterocycles. The van der Waals surface area contributed by atoms with Crippen LogP contribution in [0.2, 0.25) is 0 Å². The highest BCUT2D eigenvalue weighted by Gasteiger charge is 2.07. The number of ether oxygens (including phenoxy) is 4. The molecule has 0 N–H and O–H groups in total. The van der Waals surface area contributed by atoms with Crippen LogP contribution in [0.3, 0.4) is 0 Å². The van der Waals surface area contributed by atoms with Gasteiger partial charge in [0.05, 0.1) is 11.5 Å². The van der Waals surface area contributed by atoms with E-state index in [1.54, 1.807) is 0 Å². The Kier molecular flexibility index (Phi) is 19.4. The molecular weight excluding hydrogens is 337 g/mol. The van der Waals surface area contributed by atoms with Gasteiger partial charge in [-0.05, 0) is 14.1 Å². The zero-order valence-corrected chi connectivity index (χ0v) is 15.3. The summed E-state index contributed by atoms with van der Waals surface area (Å²) >= 11 is 0. The predicted molar refractivity (Wildman–Crippen MR) is 103 cm³/mol. The highest BCUT2D eigenvalue weighted by atomic mass is 16.7. The van der Waals surface area contributed by atoms with Gasteiger partial charge in [-0.1, -0.05) is 34.4 Å². The number of hydrogen-bond acceptors (Lipinski definition) is 6. The summed E-state index contributed by atoms with van der Waals surface area (Å²) in [6, 6.07) is 0. The quantitative estimate of drug-likeness (QED) is 0.355. The lowest BCUT2D eigenvalue weighted by Gasteiger charge is -2.15. The Morgan fingerprint density at radius 2 is 1.31 bits per heavy atom. The van der Waals surface area contributed by atoms with Crippen molar-refractivity contribution in [1.29, 1.82) is 0 Å². The van der Waals surface area contributed by atoms with Crippen molar-refractivity contribution in [3.05, 3.63) is 24.7 Å². The first-order valence-electron chi connectivity index (χ1n) is 7.40. The monoisotopic (exact) mass is 365 g/mol. The average Bonchev–Trinajstić information content (AvgIpc) is 2.60. The van der Waals surface area contributed by atoms with Gasteiger partial charge < -0.3 is 28.6 Å². The van der Waals surface area contributed by atoms with Crippen molar-refractivity contribution in [3.8, 4) is 0 Å². The second-order valence-electron chi connectivity index (χ2n) is 4.50. The van der Waals surface area contributed by atoms with Crippen LogP contribution in [0.4, 0.5) is 9.59 Å². The van der Waals surface area contributed by atoms with Crippen LogP contribution in [0.15, 0.2) is 24.7 Å². The van der Waals surface area contributed by atoms with E-state index in [2.05, 4.69) is 22.6 Å². The summed E-state index contributed by atoms with van der Waals surface area (Å²) in [4.78, 5) is 23.5. The molecule has 11 heteroatoms. The third-order valence-electron chi connectivity index (χ3n) is 2.48. The van der Waals surface area contributed by atoms with Crippen molar-refractivity contribution in [2.45, 2.75) is 34.1 Å². The zero-order valence-electron chi connectivity index (χ0n) is 15.3. The van der Waals surface area contributed by atoms with E-state index in [1.807, 2.05) is 13.8 Å². The van der Waals surface area contributed by atoms with E-state index < -0.39 is 12.2 Å². The molecule has 143 valence electrons. The van der Waals surface area contributed by atoms with Gasteiger partial charge >= 0.3 is 12.2 Å². The van der Waals surface area contributed by atoms with E-state index in [4.69, 9.17) is 25.2 Å². The van der Waals surface area contributed by atoms with Gasteiger partial charge in [0.1, 0.15) is 0 Å². The van der Waals surface area contributed by atoms with Crippen LogP contribution in [0.1, 0.15) is 34.1 Å². The molecular formula is C15H28B3N2O6. The van der Waals surface area contributed by atoms with Crippen molar-refractivity contribution in [2.24, 2.45) is 0 Å². The van der Waals surface area contributed by atoms with E-state index in [0.717, 1.165) is 16.9 Å². The van der Waals surface area contributed by atoms with Gasteiger partial charge in [0, 0.05) is 20.6 Å². The minimum atomic E-state index is -0.640. The lowest BCUT2D eigenvalue weighted by Crippen LogP contribution is -2.31. The molecule has 0 unspecified atom stereocenters. The van der Waals surface area contributed by atoms with Crippen molar-refractivity contribution in [2.75, 3.05) is 27.7 Å². The first-order chi connectivity index (χ1) is 11.7. The standard InChI is InChI=1S/C7H12B2NO3.C7H12BNO3.CH4/c1-4-6(2)12-5-13-7(11)10(3)9-8;1-4-6(2)11-5-12-7(10)9(3)8;/h2,4-5H2,1,3H3;2,4-5H2,1,3H3;1H4. The summed E-state index contributed by atoms with van der Waals surface area (Å²) in [6.45, 7) is 10.6. The Balaban J connectivity index is -0.000000393. The SMILES string of the molecule is C.[B]N(C)C(=O)OCOC(=C)CC.[B][B]N(C)C(=O)OCOC(=C)CC. The number of allylic oxidation sites excluding steroid dienone is 2. The van der Waals surface area contributed by atoms with Crippen molar-refractivity contribution >= 4 is 35.2 Å². The van der Waals surface area contributed by atoms with Crippen LogP contribution in [0.25, 0.3) is 0 Å². The third-order valence-corrected chi connectivity index (χ3v) is 2.48. The van der Waals surface area contributed by atoms with Crippen LogP contribution in [0.5, 0.6) is 0 Å². The van der Waals surface area contributed by atoms with Gasteiger partial charge in [0.25, 0.3) is 0 Å². The van der Waals surface area contributed by atoms with E-state index >= 15 is 0 Å². The number of amides is 2. The maximum Gasteiger partial charge on any atom is 0.399 e. The topological polar surface area (TPSA) is 77.5 Å². The van der Waals surface area contributed by atoms with Crippen LogP contribution in [-0.4, -0.2) is 72.5 Å². The Morgan fingerprint density at radius 1 is 0.923 bits per heavy atom. The highest BCUT2D eigenvalue weighted by Crippen LogP contribution is 1.99. The lowest BCUT2D eigenvalue weighted by atomic mass is 9.66. The number of nitrogens with zero attached hydrogens (tertiary/aromatic N) is 2. The molecule has 8 nitrogen and oxygen atoms in total. The van der Waals surface area contributed by atoms with Crippen LogP contribution in [-0.2, 0) is 18.9 Å². The summed E-state index contributed by atoms with van der Waals surface area (Å²) in [7, 11) is 14.1. The van der Waals surface area contributed by atoms with Gasteiger partial charge in [-0.15, -0.1) is 0 Å². The minimum absolute atomic E-state index is 0. The molecule has 26 heavy (non-hydrogen) atoms. The van der Waals surface area contributed by atoms with Crippen molar-refractivity contribution in [1.82, 2.24) is 9.62 Å². The maximum atomic E-state index is 10.9. The summed E-state index contributed by atoms with van der Waals surface area (Å²) in [5.74, 6) is 1.15. The number of rotatable bonds is 9. The molecule has 2 amide bonds. The molecule has 0 aromatic carbocycles. The maximum absolute atomic E-state index is 10.9. The largest absolute Gasteiger partial charge is 0.462 e. The fraction of sp³-hybridized carbons (Fsp3) is 0.600. The Bertz CT molecular complexity index is 436. The van der Waals surface area contributed by atoms with E-state index in [9.17, 15) is 9.59 Å². The molecule has 0 aliphatic carbocycles. The fourth-order valence-electron chi connectivity index (χ4n) is 0.795. The molecule has 0 saturated carbocycles. The zero-order chi connectivity index (χ0) is 19.8. The number of carbonyl (C=O) groups excluding carboxylic acids is 2. The number of hydrogen-bond donors (Lipinski definition) is 0. The first kappa shape index (κ1) is 28.6. The molecule has 0 bridgehead atoms. The minimum Gasteiger partial charge on any atom is -0.462 e. The van der Waals surface area contributed by atoms with Gasteiger partial charge in [-0.25, -0.2) is 9.59 Å². The van der Waals surface area contributed by atoms with E-state index in [-0.39, 0.29) is 21.0 Å². The van der Waals surface area contributed by atoms with Gasteiger partial charge in [-0.3, -0.25) is 0 Å². The molecule has 0 atom stereocenters. The fourth-order valence-corrected chi connectivity index (χ4v) is 0.795. The molecule has 0 rings (SSSR count). The molecule has 0 aromatic heterocycles. The van der Waals surface area contributed by atoms with Crippen LogP contribution >= 0.6 is 0 Å². The van der Waals surface area contributed by atoms with Gasteiger partial charge in [-0.2, -0.15) is 0 Å². The highest BCUT2D eigenvalue weighted by molar-refractivity contribution is 6.88. The molecule has 0 fully saturated rings. The Labute approximate surface area is 160 Å². The number of carbonyl (C=O) groups is 2. The van der Waals surface area contributed by atoms with Crippen LogP contribution < -0.4 is 0 Å². The van der Waals surface area contributed by atoms with Crippen molar-refractivity contribution in [3.63, 3.8) is 0 Å². The lowest BCUT2D eigenvalue weighted by molar-refractivity contribution is 0.0106. The first-order valence-corrected chi connectivity index (χ1v) is 7.40. The molecule has 0 heterocycles. The third kappa shape index (κ3) is 16.7. The van der Waals surface area contributed by atoms with E-state index in [1.165, 1.54) is 14.1 Å². The summed E-state index contributed by atoms with van der Waals surface area (Å²) in [6.07, 6.45) is 0.178. The van der Waals surface area contributed by atoms with Crippen LogP contribution in [0, 0.1) is 0 Å². The summed E-state index contributed by atoms with van der Waals surface area (Å²) in [5.41, 5.74) is 0. The molecule has 0 spiro atoms. The average molecular weight is 365 g/mol. The normalized spacial score (nSPS) is 8.46. The second-order valence-corrected chi connectivity index (χ2v) is 4.50. The second kappa shape index (κ2) is 17.6. The Hall–Kier alpha value is -2.19. The molecule has 0 aliphatic rings. The summed E-state index contributed by atoms with van der Waals surface area (Å²) in [5, 5.41) is 0. The molecule has 5 radical (unpaired) electrons. The van der Waals surface area contributed by atoms with E-state index in [0.29, 0.717) is 24.4 Å². The predicted octanol–water partition coefficient (Wildman–Crippen LogP) is 2.33. The smallest absolute Gasteiger partial charge is 0.399 e. The van der Waals surface area contributed by atoms with Gasteiger partial charge in [0.15, 0.2) is 7.31 Å².